The van der Waals surface area contributed by atoms with Crippen molar-refractivity contribution in [2.45, 2.75) is 39.3 Å². The van der Waals surface area contributed by atoms with Gasteiger partial charge in [-0.3, -0.25) is 14.7 Å². The van der Waals surface area contributed by atoms with Crippen LogP contribution in [0.4, 0.5) is 20.6 Å². The van der Waals surface area contributed by atoms with E-state index in [1.807, 2.05) is 25.8 Å². The predicted molar refractivity (Wildman–Crippen MR) is 115 cm³/mol. The van der Waals surface area contributed by atoms with E-state index in [2.05, 4.69) is 20.5 Å². The van der Waals surface area contributed by atoms with Gasteiger partial charge in [0.15, 0.2) is 0 Å². The minimum Gasteiger partial charge on any atom is -0.341 e. The molecule has 1 aliphatic heterocycles. The van der Waals surface area contributed by atoms with E-state index in [4.69, 9.17) is 0 Å². The molecule has 3 rings (SSSR count). The molecular formula is C22H28FN5O2. The van der Waals surface area contributed by atoms with Gasteiger partial charge < -0.3 is 15.5 Å². The second-order valence-corrected chi connectivity index (χ2v) is 7.62. The van der Waals surface area contributed by atoms with Crippen molar-refractivity contribution in [1.82, 2.24) is 14.8 Å². The summed E-state index contributed by atoms with van der Waals surface area (Å²) < 4.78 is 14.2. The van der Waals surface area contributed by atoms with Gasteiger partial charge in [0.1, 0.15) is 5.82 Å². The van der Waals surface area contributed by atoms with Crippen LogP contribution < -0.4 is 10.6 Å². The first-order valence-electron chi connectivity index (χ1n) is 10.1. The summed E-state index contributed by atoms with van der Waals surface area (Å²) in [6.07, 6.45) is 2.97. The second kappa shape index (κ2) is 9.67. The zero-order valence-corrected chi connectivity index (χ0v) is 17.6. The fourth-order valence-corrected chi connectivity index (χ4v) is 3.58. The molecule has 7 nitrogen and oxygen atoms in total. The third-order valence-corrected chi connectivity index (χ3v) is 5.35. The molecule has 2 aromatic rings. The van der Waals surface area contributed by atoms with Crippen LogP contribution in [0.25, 0.3) is 0 Å². The minimum atomic E-state index is -0.530. The van der Waals surface area contributed by atoms with Gasteiger partial charge in [-0.1, -0.05) is 13.0 Å². The zero-order valence-electron chi connectivity index (χ0n) is 17.6. The van der Waals surface area contributed by atoms with Crippen LogP contribution in [0.2, 0.25) is 0 Å². The van der Waals surface area contributed by atoms with Gasteiger partial charge in [-0.25, -0.2) is 9.18 Å². The summed E-state index contributed by atoms with van der Waals surface area (Å²) in [5.74, 6) is -0.353. The number of aryl methyl sites for hydroxylation is 1. The molecule has 2 heterocycles. The largest absolute Gasteiger partial charge is 0.341 e. The fourth-order valence-electron chi connectivity index (χ4n) is 3.58. The Labute approximate surface area is 176 Å². The van der Waals surface area contributed by atoms with Crippen molar-refractivity contribution in [2.75, 3.05) is 30.8 Å². The number of likely N-dealkylation sites (N-methyl/N-ethyl adjacent to an activating group) is 1. The van der Waals surface area contributed by atoms with Crippen LogP contribution in [0.15, 0.2) is 36.5 Å². The third kappa shape index (κ3) is 5.54. The average molecular weight is 413 g/mol. The molecule has 2 N–H and O–H groups in total. The number of halogens is 1. The van der Waals surface area contributed by atoms with E-state index in [9.17, 15) is 14.0 Å². The van der Waals surface area contributed by atoms with Crippen molar-refractivity contribution in [3.05, 3.63) is 53.6 Å². The summed E-state index contributed by atoms with van der Waals surface area (Å²) in [6, 6.07) is 7.91. The molecule has 1 saturated heterocycles. The molecule has 1 aromatic carbocycles. The number of urea groups is 1. The summed E-state index contributed by atoms with van der Waals surface area (Å²) >= 11 is 0. The van der Waals surface area contributed by atoms with Crippen LogP contribution in [-0.4, -0.2) is 52.9 Å². The number of pyridine rings is 1. The summed E-state index contributed by atoms with van der Waals surface area (Å²) in [4.78, 5) is 32.3. The quantitative estimate of drug-likeness (QED) is 0.758. The Bertz CT molecular complexity index is 903. The summed E-state index contributed by atoms with van der Waals surface area (Å²) in [6.45, 7) is 6.00. The van der Waals surface area contributed by atoms with Crippen LogP contribution >= 0.6 is 0 Å². The van der Waals surface area contributed by atoms with Crippen molar-refractivity contribution in [3.63, 3.8) is 0 Å². The number of nitrogens with one attached hydrogen (secondary N) is 2. The van der Waals surface area contributed by atoms with Gasteiger partial charge in [-0.05, 0) is 43.2 Å². The van der Waals surface area contributed by atoms with E-state index in [0.29, 0.717) is 18.7 Å². The highest BCUT2D eigenvalue weighted by atomic mass is 19.1. The normalized spacial score (nSPS) is 16.3. The van der Waals surface area contributed by atoms with Crippen molar-refractivity contribution in [2.24, 2.45) is 0 Å². The second-order valence-electron chi connectivity index (χ2n) is 7.62. The van der Waals surface area contributed by atoms with Crippen molar-refractivity contribution in [1.29, 1.82) is 0 Å². The van der Waals surface area contributed by atoms with Crippen molar-refractivity contribution in [3.8, 4) is 0 Å². The van der Waals surface area contributed by atoms with E-state index in [-0.39, 0.29) is 17.6 Å². The first-order chi connectivity index (χ1) is 14.4. The molecule has 1 atom stereocenters. The molecule has 1 fully saturated rings. The maximum Gasteiger partial charge on any atom is 0.323 e. The number of likely N-dealkylation sites (tertiary alicyclic amines) is 1. The maximum absolute atomic E-state index is 14.2. The lowest BCUT2D eigenvalue weighted by Crippen LogP contribution is -2.38. The third-order valence-electron chi connectivity index (χ3n) is 5.35. The monoisotopic (exact) mass is 413 g/mol. The number of rotatable bonds is 6. The van der Waals surface area contributed by atoms with Crippen LogP contribution in [0, 0.1) is 12.7 Å². The van der Waals surface area contributed by atoms with Gasteiger partial charge in [-0.15, -0.1) is 0 Å². The Hall–Kier alpha value is -3.00. The first-order valence-corrected chi connectivity index (χ1v) is 10.1. The molecule has 0 unspecified atom stereocenters. The first kappa shape index (κ1) is 21.7. The van der Waals surface area contributed by atoms with Crippen molar-refractivity contribution < 1.29 is 14.0 Å². The van der Waals surface area contributed by atoms with Crippen LogP contribution in [0.3, 0.4) is 0 Å². The molecule has 0 saturated carbocycles. The number of carbonyl (C=O) groups excluding carboxylic acids is 2. The number of anilines is 2. The van der Waals surface area contributed by atoms with Gasteiger partial charge in [-0.2, -0.15) is 0 Å². The number of carbonyl (C=O) groups is 2. The minimum absolute atomic E-state index is 0.124. The van der Waals surface area contributed by atoms with Gasteiger partial charge in [0.05, 0.1) is 17.6 Å². The molecule has 1 aliphatic rings. The standard InChI is InChI=1S/C22H28FN5O2/c1-4-21(29)27(3)18-9-10-28(14-18)13-16-6-8-19(23)20(11-16)26-22(30)25-17-7-5-15(2)24-12-17/h5-8,11-12,18H,4,9-10,13-14H2,1-3H3,(H2,25,26,30)/t18-/m0/s1. The molecule has 0 radical (unpaired) electrons. The molecule has 0 bridgehead atoms. The Morgan fingerprint density at radius 1 is 1.27 bits per heavy atom. The predicted octanol–water partition coefficient (Wildman–Crippen LogP) is 3.62. The Balaban J connectivity index is 1.59. The van der Waals surface area contributed by atoms with E-state index < -0.39 is 11.8 Å². The summed E-state index contributed by atoms with van der Waals surface area (Å²) in [5, 5.41) is 5.21. The fraction of sp³-hybridized carbons (Fsp3) is 0.409. The molecular weight excluding hydrogens is 385 g/mol. The highest BCUT2D eigenvalue weighted by Gasteiger charge is 2.27. The Morgan fingerprint density at radius 3 is 2.77 bits per heavy atom. The number of benzene rings is 1. The number of nitrogens with zero attached hydrogens (tertiary/aromatic N) is 3. The average Bonchev–Trinajstić information content (AvgIpc) is 3.19. The van der Waals surface area contributed by atoms with E-state index in [1.165, 1.54) is 6.07 Å². The molecule has 160 valence electrons. The number of hydrogen-bond donors (Lipinski definition) is 2. The number of aromatic nitrogens is 1. The highest BCUT2D eigenvalue weighted by molar-refractivity contribution is 5.99. The van der Waals surface area contributed by atoms with E-state index in [0.717, 1.165) is 30.8 Å². The molecule has 8 heteroatoms. The topological polar surface area (TPSA) is 77.6 Å². The smallest absolute Gasteiger partial charge is 0.323 e. The van der Waals surface area contributed by atoms with E-state index >= 15 is 0 Å². The van der Waals surface area contributed by atoms with Gasteiger partial charge in [0.25, 0.3) is 0 Å². The molecule has 0 aliphatic carbocycles. The maximum atomic E-state index is 14.2. The lowest BCUT2D eigenvalue weighted by molar-refractivity contribution is -0.131. The van der Waals surface area contributed by atoms with Crippen LogP contribution in [-0.2, 0) is 11.3 Å². The van der Waals surface area contributed by atoms with Gasteiger partial charge in [0.2, 0.25) is 5.91 Å². The lowest BCUT2D eigenvalue weighted by atomic mass is 10.2. The zero-order chi connectivity index (χ0) is 21.7. The Kier molecular flexibility index (Phi) is 6.99. The molecule has 0 spiro atoms. The lowest BCUT2D eigenvalue weighted by Gasteiger charge is -2.24. The SMILES string of the molecule is CCC(=O)N(C)[C@H]1CCN(Cc2ccc(F)c(NC(=O)Nc3ccc(C)nc3)c2)C1. The van der Waals surface area contributed by atoms with E-state index in [1.54, 1.807) is 30.5 Å². The summed E-state index contributed by atoms with van der Waals surface area (Å²) in [5.41, 5.74) is 2.39. The molecule has 3 amide bonds. The molecule has 1 aromatic heterocycles. The van der Waals surface area contributed by atoms with Crippen LogP contribution in [0.5, 0.6) is 0 Å². The Morgan fingerprint density at radius 2 is 2.07 bits per heavy atom. The number of amides is 3. The number of hydrogen-bond acceptors (Lipinski definition) is 4. The highest BCUT2D eigenvalue weighted by Crippen LogP contribution is 2.21. The van der Waals surface area contributed by atoms with Crippen molar-refractivity contribution >= 4 is 23.3 Å². The van der Waals surface area contributed by atoms with Crippen LogP contribution in [0.1, 0.15) is 31.0 Å². The van der Waals surface area contributed by atoms with Gasteiger partial charge in [0, 0.05) is 44.8 Å². The van der Waals surface area contributed by atoms with Gasteiger partial charge >= 0.3 is 6.03 Å². The summed E-state index contributed by atoms with van der Waals surface area (Å²) in [7, 11) is 1.85. The molecule has 30 heavy (non-hydrogen) atoms.